The van der Waals surface area contributed by atoms with E-state index in [9.17, 15) is 4.79 Å². The Labute approximate surface area is 114 Å². The van der Waals surface area contributed by atoms with E-state index in [2.05, 4.69) is 14.1 Å². The maximum atomic E-state index is 11.2. The van der Waals surface area contributed by atoms with Crippen molar-refractivity contribution in [3.8, 4) is 0 Å². The van der Waals surface area contributed by atoms with Crippen molar-refractivity contribution in [2.75, 3.05) is 12.9 Å². The Hall–Kier alpha value is -0.940. The molecule has 0 bridgehead atoms. The van der Waals surface area contributed by atoms with E-state index < -0.39 is 6.09 Å². The second-order valence-electron chi connectivity index (χ2n) is 4.12. The molecular weight excluding hydrogens is 272 g/mol. The molecule has 98 valence electrons. The van der Waals surface area contributed by atoms with Crippen LogP contribution in [0.3, 0.4) is 0 Å². The van der Waals surface area contributed by atoms with Gasteiger partial charge in [0.05, 0.1) is 7.11 Å². The molecule has 1 saturated heterocycles. The number of methoxy groups -OCH3 is 1. The molecule has 2 atom stereocenters. The molecular formula is C12H15ClN2O2S. The van der Waals surface area contributed by atoms with Crippen molar-refractivity contribution in [2.45, 2.75) is 24.5 Å². The Bertz CT molecular complexity index is 462. The van der Waals surface area contributed by atoms with Gasteiger partial charge in [0.15, 0.2) is 0 Å². The van der Waals surface area contributed by atoms with E-state index in [1.165, 1.54) is 7.11 Å². The zero-order valence-electron chi connectivity index (χ0n) is 10.1. The monoisotopic (exact) mass is 286 g/mol. The number of rotatable bonds is 2. The first-order valence-electron chi connectivity index (χ1n) is 5.79. The number of carbonyl (C=O) groups is 1. The van der Waals surface area contributed by atoms with Crippen LogP contribution in [0.1, 0.15) is 18.4 Å². The van der Waals surface area contributed by atoms with Crippen LogP contribution in [-0.2, 0) is 21.8 Å². The summed E-state index contributed by atoms with van der Waals surface area (Å²) in [5, 5.41) is 0.926. The fourth-order valence-corrected chi connectivity index (χ4v) is 4.24. The number of pyridine rings is 1. The van der Waals surface area contributed by atoms with Gasteiger partial charge in [-0.2, -0.15) is 4.36 Å². The molecule has 18 heavy (non-hydrogen) atoms. The van der Waals surface area contributed by atoms with Gasteiger partial charge in [0, 0.05) is 17.2 Å². The lowest BCUT2D eigenvalue weighted by atomic mass is 10.1. The second kappa shape index (κ2) is 6.29. The van der Waals surface area contributed by atoms with Gasteiger partial charge in [-0.3, -0.25) is 0 Å². The van der Waals surface area contributed by atoms with Gasteiger partial charge in [-0.25, -0.2) is 9.78 Å². The predicted octanol–water partition coefficient (Wildman–Crippen LogP) is 3.01. The van der Waals surface area contributed by atoms with Gasteiger partial charge in [-0.1, -0.05) is 28.4 Å². The largest absolute Gasteiger partial charge is 0.451 e. The molecule has 0 aliphatic carbocycles. The minimum Gasteiger partial charge on any atom is -0.451 e. The normalized spacial score (nSPS) is 23.2. The first-order valence-corrected chi connectivity index (χ1v) is 7.58. The van der Waals surface area contributed by atoms with Gasteiger partial charge < -0.3 is 4.74 Å². The molecule has 0 spiro atoms. The lowest BCUT2D eigenvalue weighted by Gasteiger charge is -2.11. The molecule has 0 saturated carbocycles. The van der Waals surface area contributed by atoms with Crippen LogP contribution in [0, 0.1) is 0 Å². The number of hydrogen-bond acceptors (Lipinski definition) is 3. The van der Waals surface area contributed by atoms with Crippen molar-refractivity contribution in [2.24, 2.45) is 4.36 Å². The Morgan fingerprint density at radius 1 is 1.67 bits per heavy atom. The fourth-order valence-electron chi connectivity index (χ4n) is 2.00. The molecule has 1 amide bonds. The van der Waals surface area contributed by atoms with Crippen molar-refractivity contribution in [3.05, 3.63) is 29.0 Å². The standard InChI is InChI=1S/C12H15ClN2O2S/c1-17-12(16)15-18-6-2-3-10(18)7-9-4-5-11(13)14-8-9/h4-5,8,10H,2-3,6-7H2,1H3. The van der Waals surface area contributed by atoms with Crippen LogP contribution < -0.4 is 0 Å². The Morgan fingerprint density at radius 2 is 2.50 bits per heavy atom. The minimum absolute atomic E-state index is 0.211. The van der Waals surface area contributed by atoms with Crippen molar-refractivity contribution in [1.82, 2.24) is 4.98 Å². The molecule has 0 aromatic carbocycles. The summed E-state index contributed by atoms with van der Waals surface area (Å²) in [7, 11) is 1.15. The average molecular weight is 287 g/mol. The third-order valence-corrected chi connectivity index (χ3v) is 5.37. The molecule has 2 heterocycles. The van der Waals surface area contributed by atoms with Crippen LogP contribution in [0.4, 0.5) is 4.79 Å². The van der Waals surface area contributed by atoms with Crippen LogP contribution in [0.2, 0.25) is 5.15 Å². The highest BCUT2D eigenvalue weighted by Crippen LogP contribution is 2.22. The minimum atomic E-state index is -0.459. The molecule has 0 radical (unpaired) electrons. The summed E-state index contributed by atoms with van der Waals surface area (Å²) >= 11 is 5.76. The van der Waals surface area contributed by atoms with Gasteiger partial charge in [0.25, 0.3) is 0 Å². The Morgan fingerprint density at radius 3 is 3.17 bits per heavy atom. The van der Waals surface area contributed by atoms with Gasteiger partial charge >= 0.3 is 6.09 Å². The maximum absolute atomic E-state index is 11.2. The summed E-state index contributed by atoms with van der Waals surface area (Å²) in [6.07, 6.45) is 4.45. The molecule has 4 nitrogen and oxygen atoms in total. The van der Waals surface area contributed by atoms with Crippen molar-refractivity contribution < 1.29 is 9.53 Å². The maximum Gasteiger partial charge on any atom is 0.439 e. The molecule has 1 fully saturated rings. The summed E-state index contributed by atoms with van der Waals surface area (Å²) < 4.78 is 8.71. The highest BCUT2D eigenvalue weighted by molar-refractivity contribution is 7.88. The smallest absolute Gasteiger partial charge is 0.439 e. The van der Waals surface area contributed by atoms with Gasteiger partial charge in [0.1, 0.15) is 5.15 Å². The highest BCUT2D eigenvalue weighted by Gasteiger charge is 2.22. The topological polar surface area (TPSA) is 51.5 Å². The molecule has 1 aliphatic heterocycles. The number of aromatic nitrogens is 1. The zero-order chi connectivity index (χ0) is 13.0. The van der Waals surface area contributed by atoms with Crippen molar-refractivity contribution in [3.63, 3.8) is 0 Å². The summed E-state index contributed by atoms with van der Waals surface area (Å²) in [5.41, 5.74) is 1.14. The van der Waals surface area contributed by atoms with E-state index in [1.54, 1.807) is 12.3 Å². The second-order valence-corrected chi connectivity index (χ2v) is 6.57. The molecule has 1 aromatic rings. The Balaban J connectivity index is 2.06. The van der Waals surface area contributed by atoms with Crippen LogP contribution in [-0.4, -0.2) is 29.2 Å². The van der Waals surface area contributed by atoms with Gasteiger partial charge in [-0.15, -0.1) is 0 Å². The van der Waals surface area contributed by atoms with E-state index in [1.807, 2.05) is 6.07 Å². The zero-order valence-corrected chi connectivity index (χ0v) is 11.7. The predicted molar refractivity (Wildman–Crippen MR) is 73.0 cm³/mol. The van der Waals surface area contributed by atoms with Crippen LogP contribution >= 0.6 is 11.6 Å². The molecule has 1 aliphatic rings. The molecule has 2 unspecified atom stereocenters. The number of amides is 1. The number of carbonyl (C=O) groups excluding carboxylic acids is 1. The lowest BCUT2D eigenvalue weighted by Crippen LogP contribution is -2.14. The quantitative estimate of drug-likeness (QED) is 0.785. The summed E-state index contributed by atoms with van der Waals surface area (Å²) in [5.74, 6) is 0.987. The summed E-state index contributed by atoms with van der Waals surface area (Å²) in [4.78, 5) is 15.3. The number of nitrogens with zero attached hydrogens (tertiary/aromatic N) is 2. The third-order valence-electron chi connectivity index (χ3n) is 2.88. The fraction of sp³-hybridized carbons (Fsp3) is 0.500. The molecule has 0 N–H and O–H groups in total. The van der Waals surface area contributed by atoms with E-state index >= 15 is 0 Å². The van der Waals surface area contributed by atoms with Crippen molar-refractivity contribution >= 4 is 28.4 Å². The van der Waals surface area contributed by atoms with E-state index in [0.717, 1.165) is 30.6 Å². The molecule has 2 rings (SSSR count). The summed E-state index contributed by atoms with van der Waals surface area (Å²) in [6.45, 7) is 0. The average Bonchev–Trinajstić information content (AvgIpc) is 2.79. The number of halogens is 1. The van der Waals surface area contributed by atoms with E-state index in [4.69, 9.17) is 11.6 Å². The third kappa shape index (κ3) is 3.53. The first-order chi connectivity index (χ1) is 8.69. The SMILES string of the molecule is COC(=O)N=S1CCCC1Cc1ccc(Cl)nc1. The summed E-state index contributed by atoms with van der Waals surface area (Å²) in [6, 6.07) is 3.77. The number of hydrogen-bond donors (Lipinski definition) is 0. The van der Waals surface area contributed by atoms with Crippen LogP contribution in [0.5, 0.6) is 0 Å². The Kier molecular flexibility index (Phi) is 4.72. The highest BCUT2D eigenvalue weighted by atomic mass is 35.5. The number of ether oxygens (including phenoxy) is 1. The van der Waals surface area contributed by atoms with Gasteiger partial charge in [0.2, 0.25) is 0 Å². The molecule has 6 heteroatoms. The van der Waals surface area contributed by atoms with Crippen molar-refractivity contribution in [1.29, 1.82) is 0 Å². The van der Waals surface area contributed by atoms with Crippen LogP contribution in [0.25, 0.3) is 0 Å². The van der Waals surface area contributed by atoms with E-state index in [0.29, 0.717) is 10.4 Å². The first kappa shape index (κ1) is 13.5. The van der Waals surface area contributed by atoms with Gasteiger partial charge in [-0.05, 0) is 30.9 Å². The van der Waals surface area contributed by atoms with E-state index in [-0.39, 0.29) is 10.7 Å². The molecule has 1 aromatic heterocycles. The van der Waals surface area contributed by atoms with Crippen LogP contribution in [0.15, 0.2) is 22.7 Å². The lowest BCUT2D eigenvalue weighted by molar-refractivity contribution is 0.183.